The molecule has 2 N–H and O–H groups in total. The summed E-state index contributed by atoms with van der Waals surface area (Å²) in [4.78, 5) is 12.1. The van der Waals surface area contributed by atoms with E-state index < -0.39 is 6.10 Å². The molecule has 0 aliphatic rings. The van der Waals surface area contributed by atoms with E-state index in [4.69, 9.17) is 4.74 Å². The van der Waals surface area contributed by atoms with Crippen molar-refractivity contribution in [3.63, 3.8) is 0 Å². The van der Waals surface area contributed by atoms with Gasteiger partial charge in [0.25, 0.3) is 0 Å². The molecule has 2 atom stereocenters. The minimum atomic E-state index is -0.738. The van der Waals surface area contributed by atoms with Gasteiger partial charge in [0.15, 0.2) is 0 Å². The van der Waals surface area contributed by atoms with Crippen LogP contribution in [0.3, 0.4) is 0 Å². The van der Waals surface area contributed by atoms with E-state index in [1.807, 2.05) is 68.4 Å². The third-order valence-corrected chi connectivity index (χ3v) is 3.78. The zero-order chi connectivity index (χ0) is 17.4. The lowest BCUT2D eigenvalue weighted by atomic mass is 10.0. The van der Waals surface area contributed by atoms with Crippen LogP contribution in [-0.4, -0.2) is 30.3 Å². The molecule has 4 nitrogen and oxygen atoms in total. The SMILES string of the molecule is Cc1cccc(OCC(O)CNC(=O)C(C)Cc2ccccc2)c1. The average molecular weight is 327 g/mol. The lowest BCUT2D eigenvalue weighted by Crippen LogP contribution is -2.38. The number of carbonyl (C=O) groups excluding carboxylic acids is 1. The Morgan fingerprint density at radius 3 is 2.62 bits per heavy atom. The first-order valence-corrected chi connectivity index (χ1v) is 8.24. The first-order chi connectivity index (χ1) is 11.5. The molecule has 0 aliphatic carbocycles. The number of hydrogen-bond acceptors (Lipinski definition) is 3. The molecule has 0 aromatic heterocycles. The van der Waals surface area contributed by atoms with Crippen LogP contribution in [0, 0.1) is 12.8 Å². The summed E-state index contributed by atoms with van der Waals surface area (Å²) in [6.07, 6.45) is -0.0545. The highest BCUT2D eigenvalue weighted by molar-refractivity contribution is 5.78. The van der Waals surface area contributed by atoms with Crippen LogP contribution in [0.1, 0.15) is 18.1 Å². The van der Waals surface area contributed by atoms with Crippen LogP contribution in [0.2, 0.25) is 0 Å². The molecule has 0 bridgehead atoms. The highest BCUT2D eigenvalue weighted by Crippen LogP contribution is 2.12. The number of aryl methyl sites for hydroxylation is 1. The molecular formula is C20H25NO3. The summed E-state index contributed by atoms with van der Waals surface area (Å²) in [5.74, 6) is 0.517. The first kappa shape index (κ1) is 18.0. The monoisotopic (exact) mass is 327 g/mol. The van der Waals surface area contributed by atoms with Crippen molar-refractivity contribution in [3.8, 4) is 5.75 Å². The van der Waals surface area contributed by atoms with Gasteiger partial charge in [0.2, 0.25) is 5.91 Å². The first-order valence-electron chi connectivity index (χ1n) is 8.24. The minimum absolute atomic E-state index is 0.0616. The van der Waals surface area contributed by atoms with Gasteiger partial charge in [-0.15, -0.1) is 0 Å². The molecule has 0 fully saturated rings. The number of aliphatic hydroxyl groups excluding tert-OH is 1. The molecule has 1 amide bonds. The lowest BCUT2D eigenvalue weighted by Gasteiger charge is -2.16. The highest BCUT2D eigenvalue weighted by Gasteiger charge is 2.15. The van der Waals surface area contributed by atoms with E-state index in [0.717, 1.165) is 16.9 Å². The normalized spacial score (nSPS) is 13.1. The zero-order valence-corrected chi connectivity index (χ0v) is 14.2. The Balaban J connectivity index is 1.70. The largest absolute Gasteiger partial charge is 0.491 e. The van der Waals surface area contributed by atoms with Crippen molar-refractivity contribution in [2.45, 2.75) is 26.4 Å². The van der Waals surface area contributed by atoms with Crippen LogP contribution in [0.15, 0.2) is 54.6 Å². The Hall–Kier alpha value is -2.33. The number of benzene rings is 2. The minimum Gasteiger partial charge on any atom is -0.491 e. The van der Waals surface area contributed by atoms with Gasteiger partial charge >= 0.3 is 0 Å². The number of hydrogen-bond donors (Lipinski definition) is 2. The van der Waals surface area contributed by atoms with Crippen LogP contribution in [0.4, 0.5) is 0 Å². The fourth-order valence-corrected chi connectivity index (χ4v) is 2.41. The maximum Gasteiger partial charge on any atom is 0.223 e. The van der Waals surface area contributed by atoms with Gasteiger partial charge in [-0.3, -0.25) is 4.79 Å². The molecule has 24 heavy (non-hydrogen) atoms. The van der Waals surface area contributed by atoms with E-state index >= 15 is 0 Å². The molecule has 2 rings (SSSR count). The summed E-state index contributed by atoms with van der Waals surface area (Å²) in [6.45, 7) is 4.20. The third-order valence-electron chi connectivity index (χ3n) is 3.78. The van der Waals surface area contributed by atoms with Crippen LogP contribution < -0.4 is 10.1 Å². The van der Waals surface area contributed by atoms with E-state index in [0.29, 0.717) is 6.42 Å². The van der Waals surface area contributed by atoms with Gasteiger partial charge in [0, 0.05) is 12.5 Å². The van der Waals surface area contributed by atoms with Gasteiger partial charge < -0.3 is 15.2 Å². The second-order valence-electron chi connectivity index (χ2n) is 6.12. The molecule has 0 saturated carbocycles. The van der Waals surface area contributed by atoms with Gasteiger partial charge in [-0.05, 0) is 36.6 Å². The number of ether oxygens (including phenoxy) is 1. The fourth-order valence-electron chi connectivity index (χ4n) is 2.41. The predicted octanol–water partition coefficient (Wildman–Crippen LogP) is 2.73. The van der Waals surface area contributed by atoms with Crippen LogP contribution in [0.25, 0.3) is 0 Å². The number of amides is 1. The van der Waals surface area contributed by atoms with Gasteiger partial charge in [-0.1, -0.05) is 49.4 Å². The zero-order valence-electron chi connectivity index (χ0n) is 14.2. The summed E-state index contributed by atoms with van der Waals surface area (Å²) < 4.78 is 5.54. The molecule has 0 saturated heterocycles. The molecule has 2 aromatic rings. The van der Waals surface area contributed by atoms with Crippen molar-refractivity contribution in [2.24, 2.45) is 5.92 Å². The van der Waals surface area contributed by atoms with E-state index in [2.05, 4.69) is 5.32 Å². The van der Waals surface area contributed by atoms with Crippen LogP contribution in [0.5, 0.6) is 5.75 Å². The van der Waals surface area contributed by atoms with Crippen LogP contribution in [-0.2, 0) is 11.2 Å². The van der Waals surface area contributed by atoms with Crippen molar-refractivity contribution >= 4 is 5.91 Å². The van der Waals surface area contributed by atoms with Crippen molar-refractivity contribution in [2.75, 3.05) is 13.2 Å². The second kappa shape index (κ2) is 9.08. The molecular weight excluding hydrogens is 302 g/mol. The summed E-state index contributed by atoms with van der Waals surface area (Å²) in [5.41, 5.74) is 2.23. The third kappa shape index (κ3) is 6.05. The van der Waals surface area contributed by atoms with Crippen molar-refractivity contribution in [3.05, 3.63) is 65.7 Å². The van der Waals surface area contributed by atoms with E-state index in [1.165, 1.54) is 0 Å². The lowest BCUT2D eigenvalue weighted by molar-refractivity contribution is -0.125. The number of rotatable bonds is 8. The molecule has 0 spiro atoms. The van der Waals surface area contributed by atoms with Crippen molar-refractivity contribution in [1.82, 2.24) is 5.32 Å². The predicted molar refractivity (Wildman–Crippen MR) is 95.0 cm³/mol. The number of carbonyl (C=O) groups is 1. The van der Waals surface area contributed by atoms with E-state index in [-0.39, 0.29) is 25.0 Å². The molecule has 0 radical (unpaired) electrons. The van der Waals surface area contributed by atoms with E-state index in [1.54, 1.807) is 0 Å². The van der Waals surface area contributed by atoms with Crippen molar-refractivity contribution in [1.29, 1.82) is 0 Å². The molecule has 0 heterocycles. The molecule has 0 aliphatic heterocycles. The quantitative estimate of drug-likeness (QED) is 0.784. The van der Waals surface area contributed by atoms with Crippen LogP contribution >= 0.6 is 0 Å². The van der Waals surface area contributed by atoms with E-state index in [9.17, 15) is 9.90 Å². The second-order valence-corrected chi connectivity index (χ2v) is 6.12. The summed E-state index contributed by atoms with van der Waals surface area (Å²) in [6, 6.07) is 17.6. The Labute approximate surface area is 143 Å². The molecule has 128 valence electrons. The smallest absolute Gasteiger partial charge is 0.223 e. The summed E-state index contributed by atoms with van der Waals surface area (Å²) in [7, 11) is 0. The number of nitrogens with one attached hydrogen (secondary N) is 1. The Morgan fingerprint density at radius 1 is 1.17 bits per heavy atom. The van der Waals surface area contributed by atoms with Crippen molar-refractivity contribution < 1.29 is 14.6 Å². The maximum absolute atomic E-state index is 12.1. The maximum atomic E-state index is 12.1. The van der Waals surface area contributed by atoms with Gasteiger partial charge in [-0.2, -0.15) is 0 Å². The Morgan fingerprint density at radius 2 is 1.92 bits per heavy atom. The standard InChI is InChI=1S/C20H25NO3/c1-15-7-6-10-19(11-15)24-14-18(22)13-21-20(23)16(2)12-17-8-4-3-5-9-17/h3-11,16,18,22H,12-14H2,1-2H3,(H,21,23). The topological polar surface area (TPSA) is 58.6 Å². The van der Waals surface area contributed by atoms with Gasteiger partial charge in [-0.25, -0.2) is 0 Å². The molecule has 2 aromatic carbocycles. The summed E-state index contributed by atoms with van der Waals surface area (Å²) in [5, 5.41) is 12.7. The Bertz CT molecular complexity index is 642. The fraction of sp³-hybridized carbons (Fsp3) is 0.350. The van der Waals surface area contributed by atoms with Gasteiger partial charge in [0.1, 0.15) is 18.5 Å². The summed E-state index contributed by atoms with van der Waals surface area (Å²) >= 11 is 0. The van der Waals surface area contributed by atoms with Gasteiger partial charge in [0.05, 0.1) is 0 Å². The Kier molecular flexibility index (Phi) is 6.82. The highest BCUT2D eigenvalue weighted by atomic mass is 16.5. The average Bonchev–Trinajstić information content (AvgIpc) is 2.58. The molecule has 2 unspecified atom stereocenters. The number of aliphatic hydroxyl groups is 1. The molecule has 4 heteroatoms.